The largest absolute Gasteiger partial charge is 0.457 e. The summed E-state index contributed by atoms with van der Waals surface area (Å²) >= 11 is 0. The Labute approximate surface area is 540 Å². The van der Waals surface area contributed by atoms with Gasteiger partial charge in [-0.05, 0) is 220 Å². The Morgan fingerprint density at radius 3 is 0.419 bits per heavy atom. The van der Waals surface area contributed by atoms with Crippen LogP contribution >= 0.6 is 0 Å². The van der Waals surface area contributed by atoms with Crippen molar-refractivity contribution >= 4 is 0 Å². The summed E-state index contributed by atoms with van der Waals surface area (Å²) in [4.78, 5) is 0. The average Bonchev–Trinajstić information content (AvgIpc) is 0.970. The molecule has 0 heterocycles. The van der Waals surface area contributed by atoms with E-state index >= 15 is 0 Å². The highest BCUT2D eigenvalue weighted by Gasteiger charge is 2.18. The SMILES string of the molecule is c1ccc(Oc2cc(Oc3ccccc3)cc(-c3cc(Cc4cc(-c5cc(Oc6ccccc6)cc(Oc6ccccc6)c5)cc(-c5cc(Oc6ccccc6)cc(Oc6ccccc6)c5)c4)cc(-c4cc(Oc5ccccc5)cc(Oc5ccccc5)c4)c3)c2)cc1. The molecule has 8 nitrogen and oxygen atoms in total. The van der Waals surface area contributed by atoms with Gasteiger partial charge in [-0.25, -0.2) is 0 Å². The minimum Gasteiger partial charge on any atom is -0.457 e. The molecule has 14 aromatic carbocycles. The van der Waals surface area contributed by atoms with Crippen molar-refractivity contribution < 1.29 is 37.9 Å². The van der Waals surface area contributed by atoms with Gasteiger partial charge in [0.25, 0.3) is 0 Å². The molecule has 0 unspecified atom stereocenters. The molecule has 0 amide bonds. The lowest BCUT2D eigenvalue weighted by molar-refractivity contribution is 0.460. The van der Waals surface area contributed by atoms with Crippen LogP contribution < -0.4 is 37.9 Å². The molecule has 0 atom stereocenters. The normalized spacial score (nSPS) is 10.8. The second-order valence-electron chi connectivity index (χ2n) is 22.1. The summed E-state index contributed by atoms with van der Waals surface area (Å²) in [5, 5.41) is 0. The molecule has 0 fully saturated rings. The van der Waals surface area contributed by atoms with Gasteiger partial charge >= 0.3 is 0 Å². The molecule has 14 rings (SSSR count). The van der Waals surface area contributed by atoms with Crippen LogP contribution in [0, 0.1) is 0 Å². The number of hydrogen-bond acceptors (Lipinski definition) is 8. The van der Waals surface area contributed by atoms with Crippen LogP contribution in [0.15, 0.2) is 352 Å². The third-order valence-corrected chi connectivity index (χ3v) is 15.1. The van der Waals surface area contributed by atoms with Crippen LogP contribution in [-0.4, -0.2) is 0 Å². The van der Waals surface area contributed by atoms with Gasteiger partial charge in [0.15, 0.2) is 0 Å². The topological polar surface area (TPSA) is 73.8 Å². The first-order chi connectivity index (χ1) is 45.9. The van der Waals surface area contributed by atoms with Crippen LogP contribution in [-0.2, 0) is 6.42 Å². The number of hydrogen-bond donors (Lipinski definition) is 0. The van der Waals surface area contributed by atoms with Crippen LogP contribution in [0.2, 0.25) is 0 Å². The molecule has 448 valence electrons. The first-order valence-corrected chi connectivity index (χ1v) is 30.7. The van der Waals surface area contributed by atoms with Crippen LogP contribution in [0.3, 0.4) is 0 Å². The molecule has 0 radical (unpaired) electrons. The van der Waals surface area contributed by atoms with E-state index in [9.17, 15) is 0 Å². The van der Waals surface area contributed by atoms with E-state index in [-0.39, 0.29) is 0 Å². The standard InChI is InChI=1S/C85H60O8/c1-9-25-70(26-10-1)86-78-48-66(49-79(56-78)87-71-27-11-2-12-28-71)62-42-60(43-63(46-62)67-50-80(88-72-29-13-3-14-30-72)57-81(51-67)89-73-31-15-4-16-32-73)41-61-44-64(68-52-82(90-74-33-17-5-18-34-74)58-83(53-68)91-75-35-19-6-20-36-75)47-65(45-61)69-54-84(92-76-37-21-7-22-38-76)59-85(55-69)93-77-39-23-8-24-40-77/h1-40,42-59H,41H2. The second kappa shape index (κ2) is 27.9. The van der Waals surface area contributed by atoms with Gasteiger partial charge in [-0.1, -0.05) is 170 Å². The number of rotatable bonds is 22. The first-order valence-electron chi connectivity index (χ1n) is 30.7. The molecular weight excluding hydrogens is 1150 g/mol. The van der Waals surface area contributed by atoms with Crippen molar-refractivity contribution in [3.8, 4) is 136 Å². The Morgan fingerprint density at radius 1 is 0.129 bits per heavy atom. The highest BCUT2D eigenvalue weighted by molar-refractivity contribution is 5.80. The Morgan fingerprint density at radius 2 is 0.269 bits per heavy atom. The molecule has 0 aliphatic rings. The smallest absolute Gasteiger partial charge is 0.131 e. The van der Waals surface area contributed by atoms with Gasteiger partial charge in [0.1, 0.15) is 92.0 Å². The molecular formula is C85H60O8. The molecule has 0 bridgehead atoms. The average molecular weight is 1210 g/mol. The molecule has 0 aliphatic carbocycles. The van der Waals surface area contributed by atoms with Crippen molar-refractivity contribution in [2.24, 2.45) is 0 Å². The van der Waals surface area contributed by atoms with Crippen LogP contribution in [0.5, 0.6) is 92.0 Å². The predicted octanol–water partition coefficient (Wildman–Crippen LogP) is 24.3. The molecule has 14 aromatic rings. The lowest BCUT2D eigenvalue weighted by Crippen LogP contribution is -1.96. The quantitative estimate of drug-likeness (QED) is 0.0665. The summed E-state index contributed by atoms with van der Waals surface area (Å²) < 4.78 is 53.1. The fourth-order valence-corrected chi connectivity index (χ4v) is 10.9. The van der Waals surface area contributed by atoms with Crippen molar-refractivity contribution in [3.63, 3.8) is 0 Å². The van der Waals surface area contributed by atoms with Gasteiger partial charge in [-0.15, -0.1) is 0 Å². The zero-order valence-corrected chi connectivity index (χ0v) is 50.5. The van der Waals surface area contributed by atoms with Crippen molar-refractivity contribution in [2.75, 3.05) is 0 Å². The third kappa shape index (κ3) is 15.5. The maximum Gasteiger partial charge on any atom is 0.131 e. The third-order valence-electron chi connectivity index (χ3n) is 15.1. The van der Waals surface area contributed by atoms with Gasteiger partial charge in [-0.2, -0.15) is 0 Å². The molecule has 93 heavy (non-hydrogen) atoms. The molecule has 8 heteroatoms. The number of ether oxygens (including phenoxy) is 8. The molecule has 0 saturated heterocycles. The van der Waals surface area contributed by atoms with E-state index in [0.717, 1.165) is 55.6 Å². The summed E-state index contributed by atoms with van der Waals surface area (Å²) in [6.45, 7) is 0. The predicted molar refractivity (Wildman–Crippen MR) is 370 cm³/mol. The molecule has 0 aliphatic heterocycles. The summed E-state index contributed by atoms with van der Waals surface area (Å²) in [7, 11) is 0. The van der Waals surface area contributed by atoms with Gasteiger partial charge in [0.05, 0.1) is 0 Å². The molecule has 0 aromatic heterocycles. The fourth-order valence-electron chi connectivity index (χ4n) is 10.9. The van der Waals surface area contributed by atoms with Crippen LogP contribution in [0.4, 0.5) is 0 Å². The van der Waals surface area contributed by atoms with E-state index in [1.54, 1.807) is 0 Å². The Kier molecular flexibility index (Phi) is 17.4. The van der Waals surface area contributed by atoms with Crippen LogP contribution in [0.1, 0.15) is 11.1 Å². The molecule has 0 saturated carbocycles. The highest BCUT2D eigenvalue weighted by atomic mass is 16.5. The first kappa shape index (κ1) is 58.2. The summed E-state index contributed by atoms with van der Waals surface area (Å²) in [5.41, 5.74) is 9.14. The van der Waals surface area contributed by atoms with Gasteiger partial charge in [0.2, 0.25) is 0 Å². The summed E-state index contributed by atoms with van der Waals surface area (Å²) in [6, 6.07) is 116. The minimum absolute atomic E-state index is 0.476. The van der Waals surface area contributed by atoms with E-state index < -0.39 is 0 Å². The molecule has 0 spiro atoms. The van der Waals surface area contributed by atoms with E-state index in [2.05, 4.69) is 84.9 Å². The zero-order chi connectivity index (χ0) is 62.4. The number of para-hydroxylation sites is 8. The van der Waals surface area contributed by atoms with E-state index in [1.807, 2.05) is 267 Å². The monoisotopic (exact) mass is 1210 g/mol. The Bertz CT molecular complexity index is 3940. The number of benzene rings is 14. The summed E-state index contributed by atoms with van der Waals surface area (Å²) in [5.74, 6) is 10.4. The van der Waals surface area contributed by atoms with Crippen molar-refractivity contribution in [2.45, 2.75) is 6.42 Å². The maximum atomic E-state index is 6.63. The summed E-state index contributed by atoms with van der Waals surface area (Å²) in [6.07, 6.45) is 0.476. The van der Waals surface area contributed by atoms with E-state index in [4.69, 9.17) is 37.9 Å². The van der Waals surface area contributed by atoms with E-state index in [1.165, 1.54) is 0 Å². The highest BCUT2D eigenvalue weighted by Crippen LogP contribution is 2.43. The minimum atomic E-state index is 0.476. The Balaban J connectivity index is 0.957. The van der Waals surface area contributed by atoms with Crippen molar-refractivity contribution in [3.05, 3.63) is 363 Å². The fraction of sp³-hybridized carbons (Fsp3) is 0.0118. The maximum absolute atomic E-state index is 6.63. The van der Waals surface area contributed by atoms with Gasteiger partial charge in [0, 0.05) is 24.3 Å². The lowest BCUT2D eigenvalue weighted by atomic mass is 9.90. The van der Waals surface area contributed by atoms with Crippen molar-refractivity contribution in [1.29, 1.82) is 0 Å². The Hall–Kier alpha value is -12.5. The van der Waals surface area contributed by atoms with Gasteiger partial charge in [-0.3, -0.25) is 0 Å². The van der Waals surface area contributed by atoms with E-state index in [0.29, 0.717) is 98.4 Å². The second-order valence-corrected chi connectivity index (χ2v) is 22.1. The zero-order valence-electron chi connectivity index (χ0n) is 50.5. The lowest BCUT2D eigenvalue weighted by Gasteiger charge is -2.17. The molecule has 0 N–H and O–H groups in total. The van der Waals surface area contributed by atoms with Crippen molar-refractivity contribution in [1.82, 2.24) is 0 Å². The van der Waals surface area contributed by atoms with Gasteiger partial charge < -0.3 is 37.9 Å². The van der Waals surface area contributed by atoms with Crippen LogP contribution in [0.25, 0.3) is 44.5 Å².